The van der Waals surface area contributed by atoms with Crippen LogP contribution in [-0.2, 0) is 4.79 Å². The van der Waals surface area contributed by atoms with E-state index in [9.17, 15) is 19.1 Å². The highest BCUT2D eigenvalue weighted by Gasteiger charge is 2.42. The average Bonchev–Trinajstić information content (AvgIpc) is 2.98. The quantitative estimate of drug-likeness (QED) is 0.830. The van der Waals surface area contributed by atoms with Crippen LogP contribution in [0.3, 0.4) is 0 Å². The standard InChI is InChI=1S/C18H20ClFN4O3/c1-10-15(22-23-24(10)11-6-7-14(20)13(19)9-11)16(25)21-18(2)8-4-3-5-12(18)17(26)27/h6-7,9,12H,3-5,8H2,1-2H3,(H,21,25)(H,26,27). The molecule has 2 atom stereocenters. The summed E-state index contributed by atoms with van der Waals surface area (Å²) in [5.41, 5.74) is 0.155. The Hall–Kier alpha value is -2.48. The Balaban J connectivity index is 1.86. The number of carbonyl (C=O) groups excluding carboxylic acids is 1. The number of nitrogens with one attached hydrogen (secondary N) is 1. The maximum absolute atomic E-state index is 13.4. The van der Waals surface area contributed by atoms with E-state index in [-0.39, 0.29) is 10.7 Å². The Morgan fingerprint density at radius 1 is 1.41 bits per heavy atom. The van der Waals surface area contributed by atoms with E-state index < -0.39 is 29.2 Å². The molecule has 144 valence electrons. The molecule has 0 spiro atoms. The molecule has 2 N–H and O–H groups in total. The van der Waals surface area contributed by atoms with Crippen molar-refractivity contribution in [1.29, 1.82) is 0 Å². The number of aliphatic carboxylic acids is 1. The highest BCUT2D eigenvalue weighted by molar-refractivity contribution is 6.30. The molecule has 1 aliphatic rings. The highest BCUT2D eigenvalue weighted by atomic mass is 35.5. The van der Waals surface area contributed by atoms with Crippen molar-refractivity contribution in [3.8, 4) is 5.69 Å². The molecule has 2 unspecified atom stereocenters. The zero-order chi connectivity index (χ0) is 19.8. The van der Waals surface area contributed by atoms with E-state index in [0.717, 1.165) is 12.8 Å². The molecule has 7 nitrogen and oxygen atoms in total. The van der Waals surface area contributed by atoms with Gasteiger partial charge in [0, 0.05) is 0 Å². The number of benzene rings is 1. The van der Waals surface area contributed by atoms with Crippen molar-refractivity contribution in [2.24, 2.45) is 5.92 Å². The van der Waals surface area contributed by atoms with Gasteiger partial charge in [0.1, 0.15) is 5.82 Å². The number of nitrogens with zero attached hydrogens (tertiary/aromatic N) is 3. The molecule has 0 radical (unpaired) electrons. The van der Waals surface area contributed by atoms with E-state index in [0.29, 0.717) is 24.2 Å². The van der Waals surface area contributed by atoms with Gasteiger partial charge in [-0.25, -0.2) is 9.07 Å². The largest absolute Gasteiger partial charge is 0.481 e. The molecule has 9 heteroatoms. The molecule has 1 aromatic heterocycles. The Morgan fingerprint density at radius 3 is 2.81 bits per heavy atom. The van der Waals surface area contributed by atoms with Crippen molar-refractivity contribution in [2.45, 2.75) is 45.1 Å². The fraction of sp³-hybridized carbons (Fsp3) is 0.444. The Labute approximate surface area is 160 Å². The molecule has 3 rings (SSSR count). The molecule has 0 bridgehead atoms. The number of carbonyl (C=O) groups is 2. The van der Waals surface area contributed by atoms with Crippen LogP contribution in [0.4, 0.5) is 4.39 Å². The number of carboxylic acids is 1. The lowest BCUT2D eigenvalue weighted by Gasteiger charge is -2.39. The first kappa shape index (κ1) is 19.3. The zero-order valence-corrected chi connectivity index (χ0v) is 15.8. The number of carboxylic acid groups (broad SMARTS) is 1. The monoisotopic (exact) mass is 394 g/mol. The molecule has 1 aromatic carbocycles. The smallest absolute Gasteiger partial charge is 0.308 e. The lowest BCUT2D eigenvalue weighted by atomic mass is 9.74. The maximum Gasteiger partial charge on any atom is 0.308 e. The summed E-state index contributed by atoms with van der Waals surface area (Å²) in [6, 6.07) is 4.08. The van der Waals surface area contributed by atoms with Gasteiger partial charge >= 0.3 is 5.97 Å². The lowest BCUT2D eigenvalue weighted by Crippen LogP contribution is -2.55. The Bertz CT molecular complexity index is 901. The molecule has 0 aliphatic heterocycles. The van der Waals surface area contributed by atoms with Gasteiger partial charge in [0.25, 0.3) is 5.91 Å². The molecular weight excluding hydrogens is 375 g/mol. The number of hydrogen-bond acceptors (Lipinski definition) is 4. The SMILES string of the molecule is Cc1c(C(=O)NC2(C)CCCCC2C(=O)O)nnn1-c1ccc(F)c(Cl)c1. The molecule has 2 aromatic rings. The summed E-state index contributed by atoms with van der Waals surface area (Å²) < 4.78 is 14.8. The third-order valence-corrected chi connectivity index (χ3v) is 5.45. The second kappa shape index (κ2) is 7.26. The van der Waals surface area contributed by atoms with Crippen molar-refractivity contribution in [3.63, 3.8) is 0 Å². The van der Waals surface area contributed by atoms with Gasteiger partial charge in [0.05, 0.1) is 27.9 Å². The predicted molar refractivity (Wildman–Crippen MR) is 96.5 cm³/mol. The van der Waals surface area contributed by atoms with Gasteiger partial charge in [-0.05, 0) is 44.9 Å². The van der Waals surface area contributed by atoms with E-state index in [1.807, 2.05) is 0 Å². The van der Waals surface area contributed by atoms with E-state index in [1.165, 1.54) is 22.9 Å². The van der Waals surface area contributed by atoms with Crippen LogP contribution in [-0.4, -0.2) is 37.5 Å². The summed E-state index contributed by atoms with van der Waals surface area (Å²) in [6.07, 6.45) is 2.77. The summed E-state index contributed by atoms with van der Waals surface area (Å²) in [6.45, 7) is 3.41. The van der Waals surface area contributed by atoms with Crippen LogP contribution in [0.1, 0.15) is 48.8 Å². The van der Waals surface area contributed by atoms with Crippen LogP contribution in [0.2, 0.25) is 5.02 Å². The molecule has 1 saturated carbocycles. The van der Waals surface area contributed by atoms with Gasteiger partial charge in [-0.2, -0.15) is 0 Å². The van der Waals surface area contributed by atoms with Crippen LogP contribution in [0.15, 0.2) is 18.2 Å². The molecule has 1 aliphatic carbocycles. The average molecular weight is 395 g/mol. The minimum absolute atomic E-state index is 0.0626. The highest BCUT2D eigenvalue weighted by Crippen LogP contribution is 2.34. The summed E-state index contributed by atoms with van der Waals surface area (Å²) in [7, 11) is 0. The summed E-state index contributed by atoms with van der Waals surface area (Å²) in [4.78, 5) is 24.3. The Kier molecular flexibility index (Phi) is 5.19. The van der Waals surface area contributed by atoms with Gasteiger partial charge in [0.2, 0.25) is 0 Å². The summed E-state index contributed by atoms with van der Waals surface area (Å²) in [5, 5.41) is 20.2. The third-order valence-electron chi connectivity index (χ3n) is 5.16. The van der Waals surface area contributed by atoms with Gasteiger partial charge in [-0.3, -0.25) is 9.59 Å². The fourth-order valence-corrected chi connectivity index (χ4v) is 3.77. The normalized spacial score (nSPS) is 22.4. The number of halogens is 2. The molecule has 1 fully saturated rings. The van der Waals surface area contributed by atoms with Crippen molar-refractivity contribution in [1.82, 2.24) is 20.3 Å². The Morgan fingerprint density at radius 2 is 2.15 bits per heavy atom. The molecular formula is C18H20ClFN4O3. The van der Waals surface area contributed by atoms with Crippen LogP contribution >= 0.6 is 11.6 Å². The van der Waals surface area contributed by atoms with Crippen molar-refractivity contribution in [2.75, 3.05) is 0 Å². The second-order valence-electron chi connectivity index (χ2n) is 7.04. The van der Waals surface area contributed by atoms with Crippen molar-refractivity contribution < 1.29 is 19.1 Å². The number of amides is 1. The topological polar surface area (TPSA) is 97.1 Å². The first-order valence-corrected chi connectivity index (χ1v) is 9.04. The van der Waals surface area contributed by atoms with Crippen molar-refractivity contribution in [3.05, 3.63) is 40.4 Å². The minimum atomic E-state index is -0.918. The molecule has 0 saturated heterocycles. The fourth-order valence-electron chi connectivity index (χ4n) is 3.60. The first-order chi connectivity index (χ1) is 12.7. The van der Waals surface area contributed by atoms with Gasteiger partial charge in [-0.1, -0.05) is 29.7 Å². The number of aromatic nitrogens is 3. The second-order valence-corrected chi connectivity index (χ2v) is 7.45. The van der Waals surface area contributed by atoms with Crippen LogP contribution in [0.25, 0.3) is 5.69 Å². The summed E-state index contributed by atoms with van der Waals surface area (Å²) in [5.74, 6) is -2.61. The zero-order valence-electron chi connectivity index (χ0n) is 15.0. The van der Waals surface area contributed by atoms with Gasteiger partial charge in [0.15, 0.2) is 5.69 Å². The van der Waals surface area contributed by atoms with Gasteiger partial charge in [-0.15, -0.1) is 5.10 Å². The van der Waals surface area contributed by atoms with E-state index in [2.05, 4.69) is 15.6 Å². The van der Waals surface area contributed by atoms with Crippen LogP contribution < -0.4 is 5.32 Å². The maximum atomic E-state index is 13.4. The number of rotatable bonds is 4. The molecule has 1 amide bonds. The van der Waals surface area contributed by atoms with E-state index in [4.69, 9.17) is 11.6 Å². The number of hydrogen-bond donors (Lipinski definition) is 2. The molecule has 27 heavy (non-hydrogen) atoms. The van der Waals surface area contributed by atoms with Crippen molar-refractivity contribution >= 4 is 23.5 Å². The summed E-state index contributed by atoms with van der Waals surface area (Å²) >= 11 is 5.81. The predicted octanol–water partition coefficient (Wildman–Crippen LogP) is 3.13. The first-order valence-electron chi connectivity index (χ1n) is 8.66. The van der Waals surface area contributed by atoms with Gasteiger partial charge < -0.3 is 10.4 Å². The van der Waals surface area contributed by atoms with E-state index >= 15 is 0 Å². The van der Waals surface area contributed by atoms with E-state index in [1.54, 1.807) is 13.8 Å². The van der Waals surface area contributed by atoms with Crippen LogP contribution in [0.5, 0.6) is 0 Å². The molecule has 1 heterocycles. The lowest BCUT2D eigenvalue weighted by molar-refractivity contribution is -0.145. The third kappa shape index (κ3) is 3.66. The minimum Gasteiger partial charge on any atom is -0.481 e. The van der Waals surface area contributed by atoms with Crippen LogP contribution in [0, 0.1) is 18.7 Å².